The third kappa shape index (κ3) is 4.15. The lowest BCUT2D eigenvalue weighted by molar-refractivity contribution is 0.566. The highest BCUT2D eigenvalue weighted by atomic mass is 127. The van der Waals surface area contributed by atoms with Crippen LogP contribution < -0.4 is 5.19 Å². The molecule has 0 aliphatic heterocycles. The monoisotopic (exact) mass is 400 g/mol. The van der Waals surface area contributed by atoms with Crippen LogP contribution in [0.1, 0.15) is 11.1 Å². The number of halogens is 1. The number of rotatable bonds is 3. The van der Waals surface area contributed by atoms with E-state index in [0.717, 1.165) is 8.76 Å². The molecule has 1 rings (SSSR count). The zero-order valence-electron chi connectivity index (χ0n) is 11.8. The molecule has 3 nitrogen and oxygen atoms in total. The van der Waals surface area contributed by atoms with Crippen molar-refractivity contribution in [1.29, 1.82) is 10.5 Å². The fraction of sp³-hybridized carbons (Fsp3) is 0.385. The maximum Gasteiger partial charge on any atom is 0.207 e. The smallest absolute Gasteiger partial charge is 0.207 e. The average molecular weight is 400 g/mol. The first kappa shape index (κ1) is 16.4. The molecule has 1 aromatic carbocycles. The van der Waals surface area contributed by atoms with Gasteiger partial charge in [-0.3, -0.25) is 0 Å². The molecule has 0 bridgehead atoms. The van der Waals surface area contributed by atoms with Crippen LogP contribution in [0.2, 0.25) is 32.7 Å². The molecule has 0 saturated heterocycles. The van der Waals surface area contributed by atoms with Crippen LogP contribution in [0.4, 0.5) is 0 Å². The normalized spacial score (nSPS) is 11.8. The predicted octanol–water partition coefficient (Wildman–Crippen LogP) is 3.30. The molecule has 0 spiro atoms. The van der Waals surface area contributed by atoms with Gasteiger partial charge >= 0.3 is 0 Å². The van der Waals surface area contributed by atoms with E-state index in [2.05, 4.69) is 67.5 Å². The summed E-state index contributed by atoms with van der Waals surface area (Å²) in [6.07, 6.45) is 0. The second-order valence-corrected chi connectivity index (χ2v) is 15.6. The maximum absolute atomic E-state index is 9.14. The summed E-state index contributed by atoms with van der Waals surface area (Å²) >= 11 is 2.23. The molecule has 0 unspecified atom stereocenters. The molecule has 100 valence electrons. The van der Waals surface area contributed by atoms with Crippen LogP contribution in [0.25, 0.3) is 0 Å². The minimum atomic E-state index is -2.05. The van der Waals surface area contributed by atoms with E-state index >= 15 is 0 Å². The van der Waals surface area contributed by atoms with Crippen molar-refractivity contribution in [3.05, 3.63) is 26.8 Å². The summed E-state index contributed by atoms with van der Waals surface area (Å²) in [5, 5.41) is 19.3. The van der Waals surface area contributed by atoms with Crippen LogP contribution in [0.15, 0.2) is 12.1 Å². The Morgan fingerprint density at radius 2 is 1.47 bits per heavy atom. The van der Waals surface area contributed by atoms with Gasteiger partial charge in [0.15, 0.2) is 8.32 Å². The fourth-order valence-electron chi connectivity index (χ4n) is 2.04. The highest BCUT2D eigenvalue weighted by Crippen LogP contribution is 2.19. The van der Waals surface area contributed by atoms with Crippen LogP contribution in [0.3, 0.4) is 0 Å². The molecule has 0 saturated carbocycles. The zero-order chi connectivity index (χ0) is 14.8. The summed E-state index contributed by atoms with van der Waals surface area (Å²) in [7, 11) is -3.69. The number of nitrogens with zero attached hydrogens (tertiary/aromatic N) is 2. The van der Waals surface area contributed by atoms with Gasteiger partial charge in [-0.05, 0) is 72.6 Å². The Morgan fingerprint density at radius 1 is 1.00 bits per heavy atom. The van der Waals surface area contributed by atoms with Gasteiger partial charge in [0.1, 0.15) is 12.1 Å². The van der Waals surface area contributed by atoms with Crippen LogP contribution in [0.5, 0.6) is 0 Å². The Morgan fingerprint density at radius 3 is 1.89 bits per heavy atom. The molecule has 0 aliphatic carbocycles. The first-order valence-electron chi connectivity index (χ1n) is 5.95. The molecular formula is C13H17IN2OSi2. The Labute approximate surface area is 130 Å². The van der Waals surface area contributed by atoms with E-state index in [1.165, 1.54) is 0 Å². The summed E-state index contributed by atoms with van der Waals surface area (Å²) < 4.78 is 7.36. The number of benzene rings is 1. The minimum absolute atomic E-state index is 0.438. The van der Waals surface area contributed by atoms with Crippen molar-refractivity contribution in [3.63, 3.8) is 0 Å². The molecular weight excluding hydrogens is 383 g/mol. The van der Waals surface area contributed by atoms with E-state index in [9.17, 15) is 0 Å². The van der Waals surface area contributed by atoms with Crippen LogP contribution >= 0.6 is 22.6 Å². The van der Waals surface area contributed by atoms with E-state index in [4.69, 9.17) is 14.6 Å². The summed E-state index contributed by atoms with van der Waals surface area (Å²) in [5.41, 5.74) is 0.881. The van der Waals surface area contributed by atoms with E-state index in [1.54, 1.807) is 6.07 Å². The molecule has 6 heteroatoms. The second-order valence-electron chi connectivity index (χ2n) is 5.83. The van der Waals surface area contributed by atoms with Gasteiger partial charge in [-0.15, -0.1) is 0 Å². The Hall–Kier alpha value is -0.676. The van der Waals surface area contributed by atoms with Gasteiger partial charge in [0.2, 0.25) is 8.32 Å². The van der Waals surface area contributed by atoms with Gasteiger partial charge in [0.25, 0.3) is 0 Å². The lowest BCUT2D eigenvalue weighted by atomic mass is 10.1. The summed E-state index contributed by atoms with van der Waals surface area (Å²) in [6, 6.07) is 7.80. The van der Waals surface area contributed by atoms with E-state index in [1.807, 2.05) is 6.07 Å². The van der Waals surface area contributed by atoms with Gasteiger partial charge in [-0.25, -0.2) is 0 Å². The summed E-state index contributed by atoms with van der Waals surface area (Å²) in [4.78, 5) is 0. The summed E-state index contributed by atoms with van der Waals surface area (Å²) in [5.74, 6) is 0. The lowest BCUT2D eigenvalue weighted by Gasteiger charge is -2.32. The molecule has 0 N–H and O–H groups in total. The number of hydrogen-bond donors (Lipinski definition) is 0. The molecule has 0 heterocycles. The first-order valence-corrected chi connectivity index (χ1v) is 13.3. The Kier molecular flexibility index (Phi) is 4.96. The maximum atomic E-state index is 9.14. The molecule has 19 heavy (non-hydrogen) atoms. The van der Waals surface area contributed by atoms with Crippen molar-refractivity contribution >= 4 is 44.4 Å². The van der Waals surface area contributed by atoms with E-state index in [0.29, 0.717) is 11.1 Å². The first-order chi connectivity index (χ1) is 8.60. The third-order valence-electron chi connectivity index (χ3n) is 2.56. The highest BCUT2D eigenvalue weighted by Gasteiger charge is 2.33. The van der Waals surface area contributed by atoms with Gasteiger partial charge in [0.05, 0.1) is 11.1 Å². The Bertz CT molecular complexity index is 580. The minimum Gasteiger partial charge on any atom is -0.452 e. The fourth-order valence-corrected chi connectivity index (χ4v) is 12.2. The van der Waals surface area contributed by atoms with Gasteiger partial charge in [-0.2, -0.15) is 10.5 Å². The summed E-state index contributed by atoms with van der Waals surface area (Å²) in [6.45, 7) is 10.8. The molecule has 0 amide bonds. The van der Waals surface area contributed by atoms with Crippen molar-refractivity contribution in [1.82, 2.24) is 0 Å². The van der Waals surface area contributed by atoms with Gasteiger partial charge < -0.3 is 4.12 Å². The van der Waals surface area contributed by atoms with Crippen LogP contribution in [-0.2, 0) is 4.12 Å². The quantitative estimate of drug-likeness (QED) is 0.578. The molecule has 1 aromatic rings. The molecule has 0 atom stereocenters. The van der Waals surface area contributed by atoms with Gasteiger partial charge in [0, 0.05) is 3.57 Å². The van der Waals surface area contributed by atoms with Crippen molar-refractivity contribution in [2.75, 3.05) is 0 Å². The van der Waals surface area contributed by atoms with E-state index in [-0.39, 0.29) is 0 Å². The zero-order valence-corrected chi connectivity index (χ0v) is 16.0. The molecule has 0 aliphatic rings. The van der Waals surface area contributed by atoms with Crippen molar-refractivity contribution < 1.29 is 4.12 Å². The lowest BCUT2D eigenvalue weighted by Crippen LogP contribution is -2.52. The molecule has 0 radical (unpaired) electrons. The second kappa shape index (κ2) is 5.75. The van der Waals surface area contributed by atoms with Crippen molar-refractivity contribution in [2.24, 2.45) is 0 Å². The standard InChI is InChI=1S/C13H17IN2OSi2/c1-18(2,3)17-19(4,5)13-7-11(9-16)10(8-15)6-12(13)14/h6-7H,1-5H3. The average Bonchev–Trinajstić information content (AvgIpc) is 2.24. The number of nitriles is 2. The van der Waals surface area contributed by atoms with Crippen molar-refractivity contribution in [3.8, 4) is 12.1 Å². The van der Waals surface area contributed by atoms with Gasteiger partial charge in [-0.1, -0.05) is 0 Å². The molecule has 0 fully saturated rings. The predicted molar refractivity (Wildman–Crippen MR) is 90.1 cm³/mol. The van der Waals surface area contributed by atoms with Crippen molar-refractivity contribution in [2.45, 2.75) is 32.7 Å². The third-order valence-corrected chi connectivity index (χ3v) is 10.2. The molecule has 0 aromatic heterocycles. The van der Waals surface area contributed by atoms with Crippen LogP contribution in [0, 0.1) is 26.2 Å². The number of hydrogen-bond acceptors (Lipinski definition) is 3. The Balaban J connectivity index is 3.37. The van der Waals surface area contributed by atoms with E-state index < -0.39 is 16.6 Å². The largest absolute Gasteiger partial charge is 0.452 e. The van der Waals surface area contributed by atoms with Crippen LogP contribution in [-0.4, -0.2) is 16.6 Å². The SMILES string of the molecule is C[Si](C)(C)O[Si](C)(C)c1cc(C#N)c(C#N)cc1I. The highest BCUT2D eigenvalue weighted by molar-refractivity contribution is 14.1. The topological polar surface area (TPSA) is 56.8 Å².